The van der Waals surface area contributed by atoms with Gasteiger partial charge >= 0.3 is 0 Å². The van der Waals surface area contributed by atoms with Crippen LogP contribution in [-0.2, 0) is 16.6 Å². The first kappa shape index (κ1) is 21.2. The lowest BCUT2D eigenvalue weighted by atomic mass is 10.1. The number of sulfonamides is 1. The molecule has 154 valence electrons. The Balaban J connectivity index is 1.79. The molecule has 3 N–H and O–H groups in total. The smallest absolute Gasteiger partial charge is 0.268 e. The number of halogens is 1. The van der Waals surface area contributed by atoms with Crippen LogP contribution in [0.2, 0.25) is 5.02 Å². The number of amides is 1. The Morgan fingerprint density at radius 2 is 1.93 bits per heavy atom. The van der Waals surface area contributed by atoms with Crippen LogP contribution in [0.5, 0.6) is 0 Å². The van der Waals surface area contributed by atoms with E-state index in [2.05, 4.69) is 15.0 Å². The van der Waals surface area contributed by atoms with Gasteiger partial charge in [-0.25, -0.2) is 8.42 Å². The van der Waals surface area contributed by atoms with Gasteiger partial charge in [-0.2, -0.15) is 0 Å². The number of rotatable bonds is 8. The highest BCUT2D eigenvalue weighted by atomic mass is 35.5. The fraction of sp³-hybridized carbons (Fsp3) is 0.286. The van der Waals surface area contributed by atoms with Crippen LogP contribution in [0.4, 0.5) is 5.69 Å². The van der Waals surface area contributed by atoms with Crippen molar-refractivity contribution in [2.45, 2.75) is 33.2 Å². The van der Waals surface area contributed by atoms with Crippen LogP contribution >= 0.6 is 11.6 Å². The van der Waals surface area contributed by atoms with Gasteiger partial charge in [0.25, 0.3) is 5.91 Å². The highest BCUT2D eigenvalue weighted by Gasteiger charge is 2.16. The Kier molecular flexibility index (Phi) is 6.49. The number of anilines is 1. The van der Waals surface area contributed by atoms with E-state index in [4.69, 9.17) is 11.6 Å². The normalized spacial score (nSPS) is 11.6. The monoisotopic (exact) mass is 433 g/mol. The van der Waals surface area contributed by atoms with E-state index in [1.807, 2.05) is 32.0 Å². The Labute approximate surface area is 175 Å². The SMILES string of the molecule is CCCCS(=O)(=O)Nc1ccc2[nH]c(C(=O)NCc3ccccc3Cl)c(C)c2c1. The third-order valence-corrected chi connectivity index (χ3v) is 6.46. The van der Waals surface area contributed by atoms with Gasteiger partial charge in [0, 0.05) is 28.2 Å². The molecule has 3 aromatic rings. The molecule has 0 spiro atoms. The summed E-state index contributed by atoms with van der Waals surface area (Å²) in [5.41, 5.74) is 3.28. The number of fused-ring (bicyclic) bond motifs is 1. The fourth-order valence-corrected chi connectivity index (χ4v) is 4.55. The Morgan fingerprint density at radius 1 is 1.17 bits per heavy atom. The van der Waals surface area contributed by atoms with Crippen molar-refractivity contribution in [3.8, 4) is 0 Å². The van der Waals surface area contributed by atoms with Gasteiger partial charge in [0.15, 0.2) is 0 Å². The number of hydrogen-bond donors (Lipinski definition) is 3. The van der Waals surface area contributed by atoms with E-state index in [1.165, 1.54) is 0 Å². The van der Waals surface area contributed by atoms with Gasteiger partial charge in [-0.3, -0.25) is 9.52 Å². The zero-order valence-corrected chi connectivity index (χ0v) is 18.0. The molecule has 0 saturated heterocycles. The maximum absolute atomic E-state index is 12.7. The van der Waals surface area contributed by atoms with Crippen molar-refractivity contribution in [3.63, 3.8) is 0 Å². The fourth-order valence-electron chi connectivity index (χ4n) is 3.09. The lowest BCUT2D eigenvalue weighted by Gasteiger charge is -2.08. The minimum absolute atomic E-state index is 0.0867. The van der Waals surface area contributed by atoms with Crippen molar-refractivity contribution < 1.29 is 13.2 Å². The number of carbonyl (C=O) groups excluding carboxylic acids is 1. The molecule has 0 bridgehead atoms. The molecule has 0 saturated carbocycles. The van der Waals surface area contributed by atoms with Gasteiger partial charge in [0.05, 0.1) is 5.75 Å². The number of H-pyrrole nitrogens is 1. The molecular weight excluding hydrogens is 410 g/mol. The topological polar surface area (TPSA) is 91.1 Å². The number of carbonyl (C=O) groups is 1. The van der Waals surface area contributed by atoms with E-state index in [1.54, 1.807) is 24.3 Å². The second-order valence-corrected chi connectivity index (χ2v) is 9.18. The van der Waals surface area contributed by atoms with Crippen LogP contribution < -0.4 is 10.0 Å². The van der Waals surface area contributed by atoms with Crippen molar-refractivity contribution in [1.82, 2.24) is 10.3 Å². The average molecular weight is 434 g/mol. The molecule has 1 aromatic heterocycles. The average Bonchev–Trinajstić information content (AvgIpc) is 3.01. The number of unbranched alkanes of at least 4 members (excludes halogenated alkanes) is 1. The number of benzene rings is 2. The summed E-state index contributed by atoms with van der Waals surface area (Å²) in [5, 5.41) is 4.26. The van der Waals surface area contributed by atoms with Crippen molar-refractivity contribution in [1.29, 1.82) is 0 Å². The molecular formula is C21H24ClN3O3S. The molecule has 29 heavy (non-hydrogen) atoms. The molecule has 0 fully saturated rings. The Morgan fingerprint density at radius 3 is 2.66 bits per heavy atom. The lowest BCUT2D eigenvalue weighted by Crippen LogP contribution is -2.24. The molecule has 0 radical (unpaired) electrons. The summed E-state index contributed by atoms with van der Waals surface area (Å²) in [6, 6.07) is 12.5. The van der Waals surface area contributed by atoms with Crippen molar-refractivity contribution >= 4 is 44.1 Å². The zero-order chi connectivity index (χ0) is 21.0. The molecule has 3 rings (SSSR count). The third kappa shape index (κ3) is 5.10. The largest absolute Gasteiger partial charge is 0.350 e. The first-order valence-electron chi connectivity index (χ1n) is 9.45. The predicted octanol–water partition coefficient (Wildman–Crippen LogP) is 4.60. The summed E-state index contributed by atoms with van der Waals surface area (Å²) >= 11 is 6.14. The standard InChI is InChI=1S/C21H24ClN3O3S/c1-3-4-11-29(27,28)25-16-9-10-19-17(12-16)14(2)20(24-19)21(26)23-13-15-7-5-6-8-18(15)22/h5-10,12,24-25H,3-4,11,13H2,1-2H3,(H,23,26). The van der Waals surface area contributed by atoms with Crippen LogP contribution in [-0.4, -0.2) is 25.1 Å². The Hall–Kier alpha value is -2.51. The lowest BCUT2D eigenvalue weighted by molar-refractivity contribution is 0.0946. The molecule has 8 heteroatoms. The second-order valence-electron chi connectivity index (χ2n) is 6.93. The minimum atomic E-state index is -3.38. The van der Waals surface area contributed by atoms with Crippen LogP contribution in [0.25, 0.3) is 10.9 Å². The summed E-state index contributed by atoms with van der Waals surface area (Å²) in [6.07, 6.45) is 1.42. The van der Waals surface area contributed by atoms with Gasteiger partial charge in [0.1, 0.15) is 5.69 Å². The van der Waals surface area contributed by atoms with E-state index < -0.39 is 10.0 Å². The van der Waals surface area contributed by atoms with Crippen molar-refractivity contribution in [2.75, 3.05) is 10.5 Å². The van der Waals surface area contributed by atoms with Crippen LogP contribution in [0.15, 0.2) is 42.5 Å². The quantitative estimate of drug-likeness (QED) is 0.484. The van der Waals surface area contributed by atoms with Gasteiger partial charge in [-0.15, -0.1) is 0 Å². The minimum Gasteiger partial charge on any atom is -0.350 e. The van der Waals surface area contributed by atoms with Gasteiger partial charge in [-0.05, 0) is 48.7 Å². The number of aromatic nitrogens is 1. The first-order chi connectivity index (χ1) is 13.8. The number of aryl methyl sites for hydroxylation is 1. The molecule has 1 heterocycles. The van der Waals surface area contributed by atoms with E-state index in [9.17, 15) is 13.2 Å². The summed E-state index contributed by atoms with van der Waals surface area (Å²) < 4.78 is 26.9. The number of hydrogen-bond acceptors (Lipinski definition) is 3. The molecule has 2 aromatic carbocycles. The predicted molar refractivity (Wildman–Crippen MR) is 118 cm³/mol. The molecule has 6 nitrogen and oxygen atoms in total. The van der Waals surface area contributed by atoms with Crippen LogP contribution in [0.1, 0.15) is 41.4 Å². The highest BCUT2D eigenvalue weighted by Crippen LogP contribution is 2.26. The van der Waals surface area contributed by atoms with Gasteiger partial charge in [-0.1, -0.05) is 43.1 Å². The first-order valence-corrected chi connectivity index (χ1v) is 11.5. The summed E-state index contributed by atoms with van der Waals surface area (Å²) in [6.45, 7) is 4.09. The van der Waals surface area contributed by atoms with Gasteiger partial charge < -0.3 is 10.3 Å². The van der Waals surface area contributed by atoms with E-state index in [0.29, 0.717) is 29.4 Å². The maximum atomic E-state index is 12.7. The van der Waals surface area contributed by atoms with Gasteiger partial charge in [0.2, 0.25) is 10.0 Å². The van der Waals surface area contributed by atoms with Crippen molar-refractivity contribution in [2.24, 2.45) is 0 Å². The summed E-state index contributed by atoms with van der Waals surface area (Å²) in [7, 11) is -3.38. The summed E-state index contributed by atoms with van der Waals surface area (Å²) in [4.78, 5) is 15.8. The molecule has 0 aliphatic rings. The number of nitrogens with one attached hydrogen (secondary N) is 3. The van der Waals surface area contributed by atoms with E-state index in [0.717, 1.165) is 28.5 Å². The summed E-state index contributed by atoms with van der Waals surface area (Å²) in [5.74, 6) is -0.160. The maximum Gasteiger partial charge on any atom is 0.268 e. The Bertz CT molecular complexity index is 1140. The third-order valence-electron chi connectivity index (χ3n) is 4.72. The van der Waals surface area contributed by atoms with Crippen molar-refractivity contribution in [3.05, 3.63) is 64.3 Å². The molecule has 1 amide bonds. The highest BCUT2D eigenvalue weighted by molar-refractivity contribution is 7.92. The molecule has 0 aliphatic heterocycles. The zero-order valence-electron chi connectivity index (χ0n) is 16.4. The molecule has 0 aliphatic carbocycles. The molecule has 0 unspecified atom stereocenters. The van der Waals surface area contributed by atoms with Crippen LogP contribution in [0.3, 0.4) is 0 Å². The van der Waals surface area contributed by atoms with Crippen LogP contribution in [0, 0.1) is 6.92 Å². The van der Waals surface area contributed by atoms with E-state index >= 15 is 0 Å². The molecule has 0 atom stereocenters. The second kappa shape index (κ2) is 8.88. The number of aromatic amines is 1. The van der Waals surface area contributed by atoms with E-state index in [-0.39, 0.29) is 11.7 Å².